The first-order chi connectivity index (χ1) is 17.6. The molecule has 8 heteroatoms. The predicted molar refractivity (Wildman–Crippen MR) is 144 cm³/mol. The molecule has 37 heavy (non-hydrogen) atoms. The van der Waals surface area contributed by atoms with Gasteiger partial charge in [-0.25, -0.2) is 14.6 Å². The number of aromatic nitrogens is 2. The van der Waals surface area contributed by atoms with Gasteiger partial charge in [-0.15, -0.1) is 0 Å². The Morgan fingerprint density at radius 2 is 1.70 bits per heavy atom. The third-order valence-corrected chi connectivity index (χ3v) is 6.60. The average molecular weight is 498 g/mol. The van der Waals surface area contributed by atoms with Gasteiger partial charge in [0, 0.05) is 29.1 Å². The van der Waals surface area contributed by atoms with Gasteiger partial charge in [0.05, 0.1) is 16.9 Å². The highest BCUT2D eigenvalue weighted by Crippen LogP contribution is 2.42. The van der Waals surface area contributed by atoms with Crippen LogP contribution in [0.25, 0.3) is 28.2 Å². The van der Waals surface area contributed by atoms with Gasteiger partial charge < -0.3 is 21.1 Å². The third-order valence-electron chi connectivity index (χ3n) is 6.60. The van der Waals surface area contributed by atoms with Crippen molar-refractivity contribution in [3.8, 4) is 22.5 Å². The first kappa shape index (κ1) is 24.4. The summed E-state index contributed by atoms with van der Waals surface area (Å²) in [6.07, 6.45) is 4.25. The number of benzene rings is 2. The minimum atomic E-state index is -0.625. The van der Waals surface area contributed by atoms with Crippen molar-refractivity contribution in [2.24, 2.45) is 5.73 Å². The number of amides is 3. The number of ether oxygens (including phenoxy) is 1. The Bertz CT molecular complexity index is 1450. The van der Waals surface area contributed by atoms with Gasteiger partial charge in [0.25, 0.3) is 0 Å². The van der Waals surface area contributed by atoms with Crippen molar-refractivity contribution in [3.05, 3.63) is 78.5 Å². The lowest BCUT2D eigenvalue weighted by Gasteiger charge is -2.43. The van der Waals surface area contributed by atoms with Crippen LogP contribution in [-0.2, 0) is 10.3 Å². The molecule has 0 bridgehead atoms. The van der Waals surface area contributed by atoms with Crippen LogP contribution >= 0.6 is 0 Å². The molecule has 8 nitrogen and oxygen atoms in total. The van der Waals surface area contributed by atoms with Crippen molar-refractivity contribution in [3.63, 3.8) is 0 Å². The number of urea groups is 1. The zero-order valence-electron chi connectivity index (χ0n) is 21.2. The summed E-state index contributed by atoms with van der Waals surface area (Å²) in [6.45, 7) is 5.59. The number of alkyl carbamates (subject to hydrolysis) is 1. The highest BCUT2D eigenvalue weighted by atomic mass is 16.6. The van der Waals surface area contributed by atoms with E-state index in [4.69, 9.17) is 15.5 Å². The monoisotopic (exact) mass is 497 g/mol. The zero-order valence-corrected chi connectivity index (χ0v) is 21.2. The fourth-order valence-corrected chi connectivity index (χ4v) is 4.80. The second kappa shape index (κ2) is 9.28. The Kier molecular flexibility index (Phi) is 6.11. The highest BCUT2D eigenvalue weighted by Gasteiger charge is 2.41. The van der Waals surface area contributed by atoms with E-state index in [9.17, 15) is 9.59 Å². The quantitative estimate of drug-likeness (QED) is 0.311. The van der Waals surface area contributed by atoms with Crippen LogP contribution < -0.4 is 16.4 Å². The number of hydrogen-bond acceptors (Lipinski definition) is 4. The maximum absolute atomic E-state index is 12.5. The second-order valence-electron chi connectivity index (χ2n) is 10.4. The van der Waals surface area contributed by atoms with Crippen molar-refractivity contribution >= 4 is 23.5 Å². The molecule has 1 aliphatic rings. The first-order valence-corrected chi connectivity index (χ1v) is 12.4. The van der Waals surface area contributed by atoms with E-state index < -0.39 is 23.3 Å². The van der Waals surface area contributed by atoms with Crippen LogP contribution in [0.15, 0.2) is 72.9 Å². The maximum atomic E-state index is 12.5. The molecule has 1 fully saturated rings. The minimum Gasteiger partial charge on any atom is -0.444 e. The van der Waals surface area contributed by atoms with E-state index in [1.807, 2.05) is 73.8 Å². The summed E-state index contributed by atoms with van der Waals surface area (Å²) < 4.78 is 7.52. The van der Waals surface area contributed by atoms with Crippen LogP contribution in [0.5, 0.6) is 0 Å². The smallest absolute Gasteiger partial charge is 0.408 e. The van der Waals surface area contributed by atoms with E-state index in [1.165, 1.54) is 0 Å². The number of pyridine rings is 1. The molecule has 2 aromatic carbocycles. The van der Waals surface area contributed by atoms with Crippen LogP contribution in [0.1, 0.15) is 45.6 Å². The second-order valence-corrected chi connectivity index (χ2v) is 10.4. The largest absolute Gasteiger partial charge is 0.444 e. The van der Waals surface area contributed by atoms with E-state index in [-0.39, 0.29) is 0 Å². The summed E-state index contributed by atoms with van der Waals surface area (Å²) >= 11 is 0. The molecule has 190 valence electrons. The molecule has 4 N–H and O–H groups in total. The number of rotatable bonds is 5. The Morgan fingerprint density at radius 1 is 1.00 bits per heavy atom. The van der Waals surface area contributed by atoms with Gasteiger partial charge >= 0.3 is 12.1 Å². The van der Waals surface area contributed by atoms with Gasteiger partial charge in [0.2, 0.25) is 0 Å². The molecule has 1 aliphatic carbocycles. The lowest BCUT2D eigenvalue weighted by Crippen LogP contribution is -2.52. The highest BCUT2D eigenvalue weighted by molar-refractivity contribution is 5.89. The fraction of sp³-hybridized carbons (Fsp3) is 0.276. The standard InChI is InChI=1S/C29H31N5O3/c1-28(2,3)37-27(36)33-29(15-7-16-29)21-12-10-19(11-13-21)24-25(20-8-5-4-6-9-20)34-17-14-22(31-26(30)35)18-23(34)32-24/h4-6,8-14,17-18H,7,15-16H2,1-3H3,(H,33,36)(H3,30,31,35). The molecule has 3 amide bonds. The minimum absolute atomic E-state index is 0.400. The van der Waals surface area contributed by atoms with E-state index in [0.717, 1.165) is 47.3 Å². The fourth-order valence-electron chi connectivity index (χ4n) is 4.80. The predicted octanol–water partition coefficient (Wildman–Crippen LogP) is 6.06. The SMILES string of the molecule is CC(C)(C)OC(=O)NC1(c2ccc(-c3nc4cc(NC(N)=O)ccn4c3-c3ccccc3)cc2)CCC1. The molecule has 0 unspecified atom stereocenters. The molecule has 0 saturated heterocycles. The third kappa shape index (κ3) is 5.00. The van der Waals surface area contributed by atoms with Crippen molar-refractivity contribution in [2.75, 3.05) is 5.32 Å². The van der Waals surface area contributed by atoms with E-state index in [1.54, 1.807) is 12.1 Å². The summed E-state index contributed by atoms with van der Waals surface area (Å²) in [4.78, 5) is 28.8. The van der Waals surface area contributed by atoms with Crippen LogP contribution in [0.2, 0.25) is 0 Å². The molecule has 0 spiro atoms. The average Bonchev–Trinajstić information content (AvgIpc) is 3.19. The van der Waals surface area contributed by atoms with Crippen molar-refractivity contribution in [1.82, 2.24) is 14.7 Å². The lowest BCUT2D eigenvalue weighted by atomic mass is 9.71. The molecule has 0 atom stereocenters. The molecule has 2 heterocycles. The zero-order chi connectivity index (χ0) is 26.2. The number of primary amides is 1. The Morgan fingerprint density at radius 3 is 2.30 bits per heavy atom. The van der Waals surface area contributed by atoms with Crippen LogP contribution in [-0.4, -0.2) is 27.1 Å². The van der Waals surface area contributed by atoms with Crippen molar-refractivity contribution in [2.45, 2.75) is 51.2 Å². The van der Waals surface area contributed by atoms with E-state index in [0.29, 0.717) is 11.3 Å². The number of fused-ring (bicyclic) bond motifs is 1. The molecule has 1 saturated carbocycles. The topological polar surface area (TPSA) is 111 Å². The van der Waals surface area contributed by atoms with Gasteiger partial charge in [-0.2, -0.15) is 0 Å². The summed E-state index contributed by atoms with van der Waals surface area (Å²) in [6, 6.07) is 21.2. The number of nitrogens with zero attached hydrogens (tertiary/aromatic N) is 2. The van der Waals surface area contributed by atoms with Gasteiger partial charge in [-0.3, -0.25) is 4.40 Å². The summed E-state index contributed by atoms with van der Waals surface area (Å²) in [7, 11) is 0. The summed E-state index contributed by atoms with van der Waals surface area (Å²) in [5.41, 5.74) is 10.4. The molecule has 5 rings (SSSR count). The number of carbonyl (C=O) groups is 2. The normalized spacial score (nSPS) is 14.6. The van der Waals surface area contributed by atoms with Gasteiger partial charge in [-0.05, 0) is 51.7 Å². The molecule has 0 aliphatic heterocycles. The number of anilines is 1. The number of carbonyl (C=O) groups excluding carboxylic acids is 2. The van der Waals surface area contributed by atoms with Gasteiger partial charge in [0.1, 0.15) is 11.2 Å². The van der Waals surface area contributed by atoms with Gasteiger partial charge in [0.15, 0.2) is 0 Å². The van der Waals surface area contributed by atoms with Crippen LogP contribution in [0, 0.1) is 0 Å². The Balaban J connectivity index is 1.52. The Hall–Kier alpha value is -4.33. The maximum Gasteiger partial charge on any atom is 0.408 e. The number of nitrogens with two attached hydrogens (primary N) is 1. The molecule has 4 aromatic rings. The first-order valence-electron chi connectivity index (χ1n) is 12.4. The number of nitrogens with one attached hydrogen (secondary N) is 2. The van der Waals surface area contributed by atoms with Crippen LogP contribution in [0.4, 0.5) is 15.3 Å². The summed E-state index contributed by atoms with van der Waals surface area (Å²) in [5, 5.41) is 5.73. The van der Waals surface area contributed by atoms with E-state index in [2.05, 4.69) is 22.8 Å². The molecule has 0 radical (unpaired) electrons. The van der Waals surface area contributed by atoms with Gasteiger partial charge in [-0.1, -0.05) is 54.6 Å². The number of hydrogen-bond donors (Lipinski definition) is 3. The molecular formula is C29H31N5O3. The van der Waals surface area contributed by atoms with Crippen molar-refractivity contribution < 1.29 is 14.3 Å². The van der Waals surface area contributed by atoms with Crippen molar-refractivity contribution in [1.29, 1.82) is 0 Å². The Labute approximate surface area is 215 Å². The number of imidazole rings is 1. The summed E-state index contributed by atoms with van der Waals surface area (Å²) in [5.74, 6) is 0. The molecule has 2 aromatic heterocycles. The molecular weight excluding hydrogens is 466 g/mol. The lowest BCUT2D eigenvalue weighted by molar-refractivity contribution is 0.0377. The van der Waals surface area contributed by atoms with E-state index >= 15 is 0 Å². The van der Waals surface area contributed by atoms with Crippen LogP contribution in [0.3, 0.4) is 0 Å².